The van der Waals surface area contributed by atoms with Gasteiger partial charge in [0.05, 0.1) is 64.3 Å². The summed E-state index contributed by atoms with van der Waals surface area (Å²) in [5.41, 5.74) is -1.36. The van der Waals surface area contributed by atoms with Gasteiger partial charge in [-0.3, -0.25) is 19.0 Å². The fraction of sp³-hybridized carbons (Fsp3) is 0.883. The van der Waals surface area contributed by atoms with E-state index in [1.54, 1.807) is 0 Å². The van der Waals surface area contributed by atoms with Gasteiger partial charge < -0.3 is 199 Å². The number of aliphatic hydroxyl groups excluding tert-OH is 21. The average molecular weight is 1640 g/mol. The molecule has 23 rings (SSSR count). The van der Waals surface area contributed by atoms with Crippen LogP contribution in [0.2, 0.25) is 0 Å². The lowest BCUT2D eigenvalue weighted by atomic mass is 9.95. The van der Waals surface area contributed by atoms with Crippen molar-refractivity contribution in [2.24, 2.45) is 0 Å². The summed E-state index contributed by atoms with van der Waals surface area (Å²) in [7, 11) is 1.35. The lowest BCUT2D eigenvalue weighted by molar-refractivity contribution is -0.395. The van der Waals surface area contributed by atoms with Crippen molar-refractivity contribution in [1.82, 2.24) is 20.2 Å². The van der Waals surface area contributed by atoms with Gasteiger partial charge in [0.1, 0.15) is 171 Å². The van der Waals surface area contributed by atoms with E-state index in [1.165, 1.54) is 7.05 Å². The zero-order chi connectivity index (χ0) is 80.2. The fourth-order valence-electron chi connectivity index (χ4n) is 13.6. The fourth-order valence-corrected chi connectivity index (χ4v) is 15.1. The molecule has 630 valence electrons. The number of anilines is 1. The molecule has 22 aliphatic heterocycles. The number of aliphatic hydroxyl groups is 21. The monoisotopic (exact) mass is 1640 g/mol. The van der Waals surface area contributed by atoms with Crippen LogP contribution in [0.15, 0.2) is 17.1 Å². The highest BCUT2D eigenvalue weighted by molar-refractivity contribution is 7.99. The largest absolute Gasteiger partial charge is 0.456 e. The van der Waals surface area contributed by atoms with E-state index >= 15 is 0 Å². The zero-order valence-corrected chi connectivity index (χ0v) is 59.4. The number of carbonyl (C=O) groups is 3. The molecule has 0 spiro atoms. The van der Waals surface area contributed by atoms with Gasteiger partial charge in [0.15, 0.2) is 56.7 Å². The molecule has 0 aliphatic carbocycles. The van der Waals surface area contributed by atoms with Crippen molar-refractivity contribution in [2.75, 3.05) is 82.4 Å². The molecule has 2 amide bonds. The van der Waals surface area contributed by atoms with Crippen LogP contribution in [0.4, 0.5) is 14.6 Å². The SMILES string of the molecule is CN[C@H](CSCC1O[C@H]2O[C@@H]3C(CO)O[C@H](O[C@@H]4C(CO)O[C@H](O[C@@H]5C(CO)O[C@H](O[C@@H]6C(CS)O[C@H](O[C@@H]7C(CO)O[C@@H](O[C@@H]8C(CO)O[C@@H](O[C@H]1[C@H](O)C2O)C(O)[C@H]8O)C(O)[C@H]7O)C(O)[C@H]6O)C(O)[C@H]5O)C(O)[C@H]4O)C(O)[C@H]3O)C(=O)NCCC(=O)OCC(=O)Nc1ccn([C@@H]2O[C@H](CO)[C@@H](O)C2(F)F)c(=O)n1. The van der Waals surface area contributed by atoms with Gasteiger partial charge in [-0.25, -0.2) is 4.79 Å². The zero-order valence-electron chi connectivity index (χ0n) is 57.7. The molecule has 14 unspecified atom stereocenters. The number of nitrogens with zero attached hydrogens (tertiary/aromatic N) is 2. The summed E-state index contributed by atoms with van der Waals surface area (Å²) in [6.45, 7) is -7.85. The van der Waals surface area contributed by atoms with Crippen LogP contribution in [0, 0.1) is 0 Å². The third-order valence-electron chi connectivity index (χ3n) is 19.7. The van der Waals surface area contributed by atoms with Gasteiger partial charge in [-0.15, -0.1) is 0 Å². The molecular weight excluding hydrogens is 1550 g/mol. The highest BCUT2D eigenvalue weighted by Gasteiger charge is 2.62. The highest BCUT2D eigenvalue weighted by atomic mass is 32.2. The van der Waals surface area contributed by atoms with E-state index in [9.17, 15) is 135 Å². The van der Waals surface area contributed by atoms with Crippen LogP contribution in [0.25, 0.3) is 0 Å². The first-order valence-electron chi connectivity index (χ1n) is 34.5. The minimum atomic E-state index is -4.03. The number of ether oxygens (including phenoxy) is 16. The molecule has 22 aliphatic rings. The molecule has 110 heavy (non-hydrogen) atoms. The summed E-state index contributed by atoms with van der Waals surface area (Å²) in [5.74, 6) is -8.41. The van der Waals surface area contributed by atoms with Gasteiger partial charge in [-0.1, -0.05) is 0 Å². The Bertz CT molecular complexity index is 3190. The predicted octanol–water partition coefficient (Wildman–Crippen LogP) is -15.8. The number of carbonyl (C=O) groups excluding carboxylic acids is 3. The Kier molecular flexibility index (Phi) is 31.2. The topological polar surface area (TPSA) is 695 Å². The first-order valence-corrected chi connectivity index (χ1v) is 36.3. The van der Waals surface area contributed by atoms with Gasteiger partial charge in [-0.2, -0.15) is 38.2 Å². The van der Waals surface area contributed by atoms with Crippen LogP contribution in [0.1, 0.15) is 12.6 Å². The minimum Gasteiger partial charge on any atom is -0.456 e. The number of thioether (sulfide) groups is 1. The lowest BCUT2D eigenvalue weighted by Gasteiger charge is -2.50. The Morgan fingerprint density at radius 2 is 0.827 bits per heavy atom. The first-order chi connectivity index (χ1) is 52.3. The quantitative estimate of drug-likeness (QED) is 0.0426. The Labute approximate surface area is 629 Å². The van der Waals surface area contributed by atoms with Crippen LogP contribution in [0.3, 0.4) is 0 Å². The minimum absolute atomic E-state index is 0.235. The molecule has 22 fully saturated rings. The molecule has 1 aromatic rings. The average Bonchev–Trinajstić information content (AvgIpc) is 1.78. The van der Waals surface area contributed by atoms with E-state index in [0.29, 0.717) is 4.57 Å². The van der Waals surface area contributed by atoms with Crippen molar-refractivity contribution in [2.45, 2.75) is 252 Å². The predicted molar refractivity (Wildman–Crippen MR) is 346 cm³/mol. The van der Waals surface area contributed by atoms with Crippen LogP contribution in [-0.4, -0.2) is 451 Å². The van der Waals surface area contributed by atoms with Crippen molar-refractivity contribution < 1.29 is 206 Å². The summed E-state index contributed by atoms with van der Waals surface area (Å²) < 4.78 is 122. The summed E-state index contributed by atoms with van der Waals surface area (Å²) in [5, 5.41) is 242. The molecular formula is C60H93F2N5O41S2. The van der Waals surface area contributed by atoms with Crippen LogP contribution >= 0.6 is 24.4 Å². The maximum absolute atomic E-state index is 14.6. The molecule has 1 aromatic heterocycles. The summed E-state index contributed by atoms with van der Waals surface area (Å²) in [6.07, 6.45) is -77.9. The van der Waals surface area contributed by atoms with Crippen molar-refractivity contribution >= 4 is 48.0 Å². The van der Waals surface area contributed by atoms with Gasteiger partial charge in [0.2, 0.25) is 12.1 Å². The van der Waals surface area contributed by atoms with E-state index in [0.717, 1.165) is 24.0 Å². The number of thiol groups is 1. The number of halogens is 2. The third-order valence-corrected chi connectivity index (χ3v) is 21.2. The van der Waals surface area contributed by atoms with Crippen molar-refractivity contribution in [3.8, 4) is 0 Å². The molecule has 23 heterocycles. The molecule has 46 nitrogen and oxygen atoms in total. The summed E-state index contributed by atoms with van der Waals surface area (Å²) in [6, 6.07) is -0.243. The number of likely N-dealkylation sites (N-methyl/N-ethyl adjacent to an activating group) is 1. The Morgan fingerprint density at radius 1 is 0.500 bits per heavy atom. The maximum atomic E-state index is 14.6. The van der Waals surface area contributed by atoms with Gasteiger partial charge in [0.25, 0.3) is 5.91 Å². The number of amides is 2. The maximum Gasteiger partial charge on any atom is 0.351 e. The second-order valence-electron chi connectivity index (χ2n) is 26.9. The number of aromatic nitrogens is 2. The van der Waals surface area contributed by atoms with Crippen molar-refractivity contribution in [1.29, 1.82) is 0 Å². The Balaban J connectivity index is 0.845. The number of nitrogens with one attached hydrogen (secondary N) is 3. The van der Waals surface area contributed by atoms with E-state index in [-0.39, 0.29) is 5.75 Å². The summed E-state index contributed by atoms with van der Waals surface area (Å²) in [4.78, 5) is 54.9. The molecule has 14 bridgehead atoms. The number of rotatable bonds is 20. The van der Waals surface area contributed by atoms with Gasteiger partial charge >= 0.3 is 17.6 Å². The molecule has 22 saturated heterocycles. The van der Waals surface area contributed by atoms with Crippen LogP contribution < -0.4 is 21.6 Å². The normalized spacial score (nSPS) is 45.6. The summed E-state index contributed by atoms with van der Waals surface area (Å²) >= 11 is 5.11. The Morgan fingerprint density at radius 3 is 1.15 bits per heavy atom. The van der Waals surface area contributed by atoms with Crippen LogP contribution in [-0.2, 0) is 90.2 Å². The Hall–Kier alpha value is -3.63. The second-order valence-corrected chi connectivity index (χ2v) is 28.4. The number of hydrogen-bond donors (Lipinski definition) is 25. The molecule has 0 aromatic carbocycles. The second kappa shape index (κ2) is 38.6. The van der Waals surface area contributed by atoms with Crippen LogP contribution in [0.5, 0.6) is 0 Å². The first kappa shape index (κ1) is 88.7. The van der Waals surface area contributed by atoms with E-state index in [1.807, 2.05) is 0 Å². The van der Waals surface area contributed by atoms with Crippen molar-refractivity contribution in [3.05, 3.63) is 22.7 Å². The third kappa shape index (κ3) is 19.0. The number of alkyl halides is 2. The standard InChI is InChI=1S/C60H93F2N5O41S2/c1-63-16(50(91)64-4-2-27(75)93-12-26(74)65-25-3-5-67(59(92)66-25)58-60(61,62)49(90)22(11-73)101-58)14-110-15-24-48-34(82)41(89)57(100-24)106-46-21(10-72)96-53(37(85)30(46)78)102-42-17(6-68)94-51(35(83)28(42)76)103-43-18(7-69)97-54(38(86)31(43)79)107-47-23(13-109)99-56(40(88)33(47)81)105-45-20(9-71)95-52(36(84)29(45)77)104-44-19(8-70)98-55(108-48)39(87)32(44)80/h3,5,16-24,28-49,51-58,63,68-73,76-90,109H,2,4,6-15H2,1H3,(H,64,91)(H,65,66,74,92)/t16-,17?,18?,19?,20?,21?,22-,23?,24?,28-,29-,30-,31-,32-,33-,34-,35?,36?,37?,38?,39?,40?,41?,42-,43-,44-,45-,46-,47-,48-,49-,51-,52+,53-,54-,55+,56-,57+,58-/m1/s1. The molecule has 50 heteroatoms. The number of hydrogen-bond acceptors (Lipinski definition) is 45. The lowest BCUT2D eigenvalue weighted by Crippen LogP contribution is -2.68. The highest BCUT2D eigenvalue weighted by Crippen LogP contribution is 2.43. The van der Waals surface area contributed by atoms with Gasteiger partial charge in [-0.05, 0) is 13.1 Å². The van der Waals surface area contributed by atoms with E-state index < -0.39 is 345 Å². The van der Waals surface area contributed by atoms with E-state index in [2.05, 4.69) is 33.6 Å². The van der Waals surface area contributed by atoms with Gasteiger partial charge in [0, 0.05) is 30.0 Å². The molecule has 39 atom stereocenters. The van der Waals surface area contributed by atoms with Crippen molar-refractivity contribution in [3.63, 3.8) is 0 Å². The smallest absolute Gasteiger partial charge is 0.351 e. The van der Waals surface area contributed by atoms with E-state index in [4.69, 9.17) is 75.8 Å². The molecule has 0 radical (unpaired) electrons. The molecule has 0 saturated carbocycles. The molecule has 24 N–H and O–H groups in total. The number of esters is 1.